The zero-order valence-corrected chi connectivity index (χ0v) is 16.7. The van der Waals surface area contributed by atoms with Gasteiger partial charge in [-0.2, -0.15) is 0 Å². The molecule has 6 nitrogen and oxygen atoms in total. The van der Waals surface area contributed by atoms with Gasteiger partial charge in [0.2, 0.25) is 0 Å². The molecule has 0 spiro atoms. The molecular formula is C19H14BrClN2O4. The van der Waals surface area contributed by atoms with Crippen LogP contribution in [0.3, 0.4) is 0 Å². The molecule has 1 saturated heterocycles. The van der Waals surface area contributed by atoms with Gasteiger partial charge in [-0.15, -0.1) is 0 Å². The zero-order valence-electron chi connectivity index (χ0n) is 14.4. The van der Waals surface area contributed by atoms with Gasteiger partial charge >= 0.3 is 6.03 Å². The Balaban J connectivity index is 2.07. The average Bonchev–Trinajstić information content (AvgIpc) is 2.61. The van der Waals surface area contributed by atoms with Gasteiger partial charge in [0.1, 0.15) is 11.3 Å². The molecule has 0 radical (unpaired) electrons. The van der Waals surface area contributed by atoms with Gasteiger partial charge in [0, 0.05) is 15.1 Å². The van der Waals surface area contributed by atoms with Gasteiger partial charge in [-0.25, -0.2) is 9.69 Å². The predicted octanol–water partition coefficient (Wildman–Crippen LogP) is 4.09. The quantitative estimate of drug-likeness (QED) is 0.566. The van der Waals surface area contributed by atoms with Gasteiger partial charge in [0.25, 0.3) is 11.8 Å². The lowest BCUT2D eigenvalue weighted by Crippen LogP contribution is -2.54. The number of ether oxygens (including phenoxy) is 1. The molecule has 0 unspecified atom stereocenters. The van der Waals surface area contributed by atoms with E-state index in [2.05, 4.69) is 21.2 Å². The van der Waals surface area contributed by atoms with Crippen LogP contribution in [-0.2, 0) is 9.59 Å². The SMILES string of the molecule is COc1ccc(Br)cc1/C=C1\C(=O)NC(=O)N(c2ccc(C)c(Cl)c2)C1=O. The van der Waals surface area contributed by atoms with E-state index in [1.165, 1.54) is 19.3 Å². The summed E-state index contributed by atoms with van der Waals surface area (Å²) in [4.78, 5) is 38.3. The number of carbonyl (C=O) groups excluding carboxylic acids is 3. The van der Waals surface area contributed by atoms with Crippen LogP contribution >= 0.6 is 27.5 Å². The Bertz CT molecular complexity index is 1000. The normalized spacial score (nSPS) is 15.9. The second-order valence-corrected chi connectivity index (χ2v) is 7.10. The number of anilines is 1. The van der Waals surface area contributed by atoms with E-state index < -0.39 is 17.8 Å². The molecule has 27 heavy (non-hydrogen) atoms. The van der Waals surface area contributed by atoms with Crippen molar-refractivity contribution in [1.29, 1.82) is 0 Å². The lowest BCUT2D eigenvalue weighted by atomic mass is 10.1. The zero-order chi connectivity index (χ0) is 19.7. The summed E-state index contributed by atoms with van der Waals surface area (Å²) < 4.78 is 6.01. The third-order valence-electron chi connectivity index (χ3n) is 4.01. The number of methoxy groups -OCH3 is 1. The van der Waals surface area contributed by atoms with Gasteiger partial charge < -0.3 is 4.74 Å². The summed E-state index contributed by atoms with van der Waals surface area (Å²) in [6.07, 6.45) is 1.39. The van der Waals surface area contributed by atoms with E-state index in [1.54, 1.807) is 37.3 Å². The molecule has 138 valence electrons. The maximum atomic E-state index is 12.9. The van der Waals surface area contributed by atoms with Crippen LogP contribution in [0.5, 0.6) is 5.75 Å². The summed E-state index contributed by atoms with van der Waals surface area (Å²) in [5.41, 5.74) is 1.40. The Hall–Kier alpha value is -2.64. The summed E-state index contributed by atoms with van der Waals surface area (Å²) >= 11 is 9.45. The van der Waals surface area contributed by atoms with Crippen molar-refractivity contribution in [3.63, 3.8) is 0 Å². The van der Waals surface area contributed by atoms with Crippen LogP contribution in [0.25, 0.3) is 6.08 Å². The van der Waals surface area contributed by atoms with Crippen molar-refractivity contribution in [3.8, 4) is 5.75 Å². The van der Waals surface area contributed by atoms with Gasteiger partial charge in [-0.05, 0) is 48.9 Å². The highest BCUT2D eigenvalue weighted by Gasteiger charge is 2.37. The van der Waals surface area contributed by atoms with Crippen LogP contribution in [0.2, 0.25) is 5.02 Å². The molecule has 1 fully saturated rings. The molecule has 3 rings (SSSR count). The molecule has 2 aromatic carbocycles. The molecule has 1 N–H and O–H groups in total. The summed E-state index contributed by atoms with van der Waals surface area (Å²) in [7, 11) is 1.48. The fourth-order valence-corrected chi connectivity index (χ4v) is 3.14. The van der Waals surface area contributed by atoms with Crippen molar-refractivity contribution in [3.05, 3.63) is 62.6 Å². The monoisotopic (exact) mass is 448 g/mol. The van der Waals surface area contributed by atoms with Crippen molar-refractivity contribution in [1.82, 2.24) is 5.32 Å². The molecule has 0 aromatic heterocycles. The summed E-state index contributed by atoms with van der Waals surface area (Å²) in [6.45, 7) is 1.80. The number of benzene rings is 2. The lowest BCUT2D eigenvalue weighted by Gasteiger charge is -2.26. The number of halogens is 2. The number of rotatable bonds is 3. The van der Waals surface area contributed by atoms with Crippen molar-refractivity contribution in [2.45, 2.75) is 6.92 Å². The fraction of sp³-hybridized carbons (Fsp3) is 0.105. The minimum atomic E-state index is -0.830. The minimum Gasteiger partial charge on any atom is -0.496 e. The highest BCUT2D eigenvalue weighted by Crippen LogP contribution is 2.29. The Kier molecular flexibility index (Phi) is 5.34. The average molecular weight is 450 g/mol. The van der Waals surface area contributed by atoms with Crippen molar-refractivity contribution in [2.75, 3.05) is 12.0 Å². The molecule has 8 heteroatoms. The molecule has 1 aliphatic heterocycles. The van der Waals surface area contributed by atoms with E-state index >= 15 is 0 Å². The maximum absolute atomic E-state index is 12.9. The third-order valence-corrected chi connectivity index (χ3v) is 4.91. The van der Waals surface area contributed by atoms with Gasteiger partial charge in [0.05, 0.1) is 12.8 Å². The molecule has 0 aliphatic carbocycles. The predicted molar refractivity (Wildman–Crippen MR) is 106 cm³/mol. The van der Waals surface area contributed by atoms with Crippen molar-refractivity contribution in [2.24, 2.45) is 0 Å². The van der Waals surface area contributed by atoms with Gasteiger partial charge in [-0.1, -0.05) is 33.6 Å². The van der Waals surface area contributed by atoms with Crippen molar-refractivity contribution < 1.29 is 19.1 Å². The standard InChI is InChI=1S/C19H14BrClN2O4/c1-10-3-5-13(9-15(10)21)23-18(25)14(17(24)22-19(23)26)8-11-7-12(20)4-6-16(11)27-2/h3-9H,1-2H3,(H,22,24,26)/b14-8+. The Morgan fingerprint density at radius 2 is 1.89 bits per heavy atom. The van der Waals surface area contributed by atoms with Gasteiger partial charge in [-0.3, -0.25) is 14.9 Å². The Morgan fingerprint density at radius 3 is 2.56 bits per heavy atom. The Morgan fingerprint density at radius 1 is 1.15 bits per heavy atom. The van der Waals surface area contributed by atoms with Crippen LogP contribution in [0.4, 0.5) is 10.5 Å². The highest BCUT2D eigenvalue weighted by molar-refractivity contribution is 9.10. The highest BCUT2D eigenvalue weighted by atomic mass is 79.9. The maximum Gasteiger partial charge on any atom is 0.335 e. The summed E-state index contributed by atoms with van der Waals surface area (Å²) in [6, 6.07) is 9.12. The van der Waals surface area contributed by atoms with E-state index in [1.807, 2.05) is 0 Å². The number of nitrogens with zero attached hydrogens (tertiary/aromatic N) is 1. The number of carbonyl (C=O) groups is 3. The molecule has 4 amide bonds. The third kappa shape index (κ3) is 3.74. The van der Waals surface area contributed by atoms with E-state index in [0.717, 1.165) is 14.9 Å². The first kappa shape index (κ1) is 19.1. The number of aryl methyl sites for hydroxylation is 1. The summed E-state index contributed by atoms with van der Waals surface area (Å²) in [5.74, 6) is -1.04. The molecule has 0 bridgehead atoms. The van der Waals surface area contributed by atoms with Crippen LogP contribution < -0.4 is 15.0 Å². The topological polar surface area (TPSA) is 75.7 Å². The number of imide groups is 2. The first-order valence-corrected chi connectivity index (χ1v) is 9.00. The van der Waals surface area contributed by atoms with Crippen LogP contribution in [0, 0.1) is 6.92 Å². The number of hydrogen-bond acceptors (Lipinski definition) is 4. The van der Waals surface area contributed by atoms with Crippen LogP contribution in [0.15, 0.2) is 46.4 Å². The Labute approximate surface area is 168 Å². The molecule has 1 aliphatic rings. The molecular weight excluding hydrogens is 436 g/mol. The lowest BCUT2D eigenvalue weighted by molar-refractivity contribution is -0.122. The second kappa shape index (κ2) is 7.54. The number of barbiturate groups is 1. The number of urea groups is 1. The summed E-state index contributed by atoms with van der Waals surface area (Å²) in [5, 5.41) is 2.58. The van der Waals surface area contributed by atoms with E-state index in [9.17, 15) is 14.4 Å². The first-order valence-electron chi connectivity index (χ1n) is 7.83. The van der Waals surface area contributed by atoms with Crippen LogP contribution in [0.1, 0.15) is 11.1 Å². The minimum absolute atomic E-state index is 0.192. The smallest absolute Gasteiger partial charge is 0.335 e. The largest absolute Gasteiger partial charge is 0.496 e. The van der Waals surface area contributed by atoms with Gasteiger partial charge in [0.15, 0.2) is 0 Å². The number of nitrogens with one attached hydrogen (secondary N) is 1. The second-order valence-electron chi connectivity index (χ2n) is 5.78. The number of amides is 4. The fourth-order valence-electron chi connectivity index (χ4n) is 2.59. The molecule has 1 heterocycles. The molecule has 0 saturated carbocycles. The number of hydrogen-bond donors (Lipinski definition) is 1. The van der Waals surface area contributed by atoms with Crippen molar-refractivity contribution >= 4 is 57.1 Å². The van der Waals surface area contributed by atoms with E-state index in [4.69, 9.17) is 16.3 Å². The molecule has 0 atom stereocenters. The van der Waals surface area contributed by atoms with E-state index in [0.29, 0.717) is 16.3 Å². The molecule has 2 aromatic rings. The van der Waals surface area contributed by atoms with Crippen LogP contribution in [-0.4, -0.2) is 25.0 Å². The first-order chi connectivity index (χ1) is 12.8. The van der Waals surface area contributed by atoms with E-state index in [-0.39, 0.29) is 11.3 Å².